The predicted molar refractivity (Wildman–Crippen MR) is 266 cm³/mol. The minimum atomic E-state index is -0.544. The molecule has 0 spiro atoms. The zero-order valence-corrected chi connectivity index (χ0v) is 42.9. The molecule has 2 rings (SSSR count). The van der Waals surface area contributed by atoms with E-state index in [1.54, 1.807) is 36.4 Å². The third kappa shape index (κ3) is 19.6. The molecule has 6 amide bonds. The van der Waals surface area contributed by atoms with E-state index in [0.29, 0.717) is 72.0 Å². The Balaban J connectivity index is 0.000000651. The van der Waals surface area contributed by atoms with Gasteiger partial charge < -0.3 is 31.9 Å². The lowest BCUT2D eigenvalue weighted by Gasteiger charge is -2.24. The fourth-order valence-corrected chi connectivity index (χ4v) is 5.62. The van der Waals surface area contributed by atoms with E-state index < -0.39 is 27.2 Å². The highest BCUT2D eigenvalue weighted by atomic mass is 16.2. The molecule has 0 heterocycles. The zero-order chi connectivity index (χ0) is 49.4. The van der Waals surface area contributed by atoms with Crippen molar-refractivity contribution in [3.05, 3.63) is 47.5 Å². The third-order valence-electron chi connectivity index (χ3n) is 12.3. The number of rotatable bonds is 21. The van der Waals surface area contributed by atoms with Gasteiger partial charge in [-0.15, -0.1) is 0 Å². The Morgan fingerprint density at radius 1 is 0.453 bits per heavy atom. The molecular formula is C52H86N6O6. The number of hydrogen-bond donors (Lipinski definition) is 6. The van der Waals surface area contributed by atoms with Crippen molar-refractivity contribution in [2.24, 2.45) is 33.5 Å². The Hall–Kier alpha value is -4.74. The van der Waals surface area contributed by atoms with Gasteiger partial charge in [0.2, 0.25) is 23.6 Å². The fourth-order valence-electron chi connectivity index (χ4n) is 5.62. The highest BCUT2D eigenvalue weighted by Gasteiger charge is 2.30. The molecule has 1 atom stereocenters. The summed E-state index contributed by atoms with van der Waals surface area (Å²) in [5.41, 5.74) is 0.139. The molecule has 0 radical (unpaired) electrons. The summed E-state index contributed by atoms with van der Waals surface area (Å²) in [4.78, 5) is 76.4. The standard InChI is InChI=1S/C29H49N3O3.C23H37N3O3/c1-10-28(6,7)26(34)31-23-17-22(18-24(19-23)32-27(35)29(8,9)11-2)25(33)30-16-15-21(5)14-12-13-20(3)4;1-10-22(6,7)19(28)24-16-12-15(18(27)26-21(3,4)5)13-17(14-16)25-20(29)23(8,9)11-2/h17-21H,10-16H2,1-9H3,(H,30,33)(H,31,34)(H,32,35);12-14H,10-11H2,1-9H3,(H,24,28)(H,25,29)(H,26,27). The van der Waals surface area contributed by atoms with Crippen LogP contribution in [-0.2, 0) is 19.2 Å². The Labute approximate surface area is 386 Å². The van der Waals surface area contributed by atoms with Gasteiger partial charge in [-0.25, -0.2) is 0 Å². The first kappa shape index (κ1) is 57.3. The third-order valence-corrected chi connectivity index (χ3v) is 12.3. The Bertz CT molecular complexity index is 1810. The van der Waals surface area contributed by atoms with E-state index in [0.717, 1.165) is 18.8 Å². The van der Waals surface area contributed by atoms with Crippen LogP contribution in [0.1, 0.15) is 197 Å². The maximum Gasteiger partial charge on any atom is 0.251 e. The van der Waals surface area contributed by atoms with Gasteiger partial charge >= 0.3 is 0 Å². The monoisotopic (exact) mass is 891 g/mol. The van der Waals surface area contributed by atoms with Crippen molar-refractivity contribution < 1.29 is 28.8 Å². The summed E-state index contributed by atoms with van der Waals surface area (Å²) in [6.07, 6.45) is 7.23. The largest absolute Gasteiger partial charge is 0.352 e. The van der Waals surface area contributed by atoms with Crippen LogP contribution in [0.15, 0.2) is 36.4 Å². The number of amides is 6. The average molecular weight is 891 g/mol. The van der Waals surface area contributed by atoms with E-state index in [1.807, 2.05) is 104 Å². The maximum atomic E-state index is 13.0. The van der Waals surface area contributed by atoms with E-state index in [1.165, 1.54) is 12.8 Å². The second kappa shape index (κ2) is 24.5. The van der Waals surface area contributed by atoms with Gasteiger partial charge in [0.15, 0.2) is 0 Å². The minimum Gasteiger partial charge on any atom is -0.352 e. The molecule has 2 aromatic carbocycles. The second-order valence-electron chi connectivity index (χ2n) is 21.5. The van der Waals surface area contributed by atoms with Gasteiger partial charge in [0.1, 0.15) is 0 Å². The summed E-state index contributed by atoms with van der Waals surface area (Å²) in [6, 6.07) is 10.00. The van der Waals surface area contributed by atoms with Crippen LogP contribution in [0.4, 0.5) is 22.7 Å². The predicted octanol–water partition coefficient (Wildman–Crippen LogP) is 12.0. The molecular weight excluding hydrogens is 805 g/mol. The van der Waals surface area contributed by atoms with Crippen molar-refractivity contribution in [2.75, 3.05) is 27.8 Å². The summed E-state index contributed by atoms with van der Waals surface area (Å²) < 4.78 is 0. The molecule has 0 bridgehead atoms. The summed E-state index contributed by atoms with van der Waals surface area (Å²) in [5.74, 6) is 0.248. The first-order valence-corrected chi connectivity index (χ1v) is 23.5. The van der Waals surface area contributed by atoms with E-state index in [2.05, 4.69) is 52.7 Å². The quantitative estimate of drug-likeness (QED) is 0.0727. The molecule has 0 saturated carbocycles. The lowest BCUT2D eigenvalue weighted by atomic mass is 9.89. The number of nitrogens with one attached hydrogen (secondary N) is 6. The highest BCUT2D eigenvalue weighted by molar-refractivity contribution is 6.03. The van der Waals surface area contributed by atoms with Crippen molar-refractivity contribution in [1.29, 1.82) is 0 Å². The SMILES string of the molecule is CCC(C)(C)C(=O)Nc1cc(NC(=O)C(C)(C)CC)cc(C(=O)NC(C)(C)C)c1.CCC(C)(C)C(=O)Nc1cc(NC(=O)C(C)(C)CC)cc(C(=O)NCCC(C)CCCC(C)C)c1. The van der Waals surface area contributed by atoms with Crippen molar-refractivity contribution in [3.63, 3.8) is 0 Å². The molecule has 0 fully saturated rings. The van der Waals surface area contributed by atoms with Crippen molar-refractivity contribution in [3.8, 4) is 0 Å². The Kier molecular flexibility index (Phi) is 21.9. The smallest absolute Gasteiger partial charge is 0.251 e. The summed E-state index contributed by atoms with van der Waals surface area (Å²) >= 11 is 0. The van der Waals surface area contributed by atoms with Crippen LogP contribution in [0.2, 0.25) is 0 Å². The lowest BCUT2D eigenvalue weighted by Crippen LogP contribution is -2.40. The van der Waals surface area contributed by atoms with Gasteiger partial charge in [-0.3, -0.25) is 28.8 Å². The number of carbonyl (C=O) groups excluding carboxylic acids is 6. The Morgan fingerprint density at radius 3 is 1.05 bits per heavy atom. The van der Waals surface area contributed by atoms with Crippen molar-refractivity contribution in [2.45, 2.75) is 182 Å². The van der Waals surface area contributed by atoms with E-state index in [9.17, 15) is 28.8 Å². The lowest BCUT2D eigenvalue weighted by molar-refractivity contribution is -0.124. The van der Waals surface area contributed by atoms with Crippen LogP contribution < -0.4 is 31.9 Å². The number of hydrogen-bond acceptors (Lipinski definition) is 6. The van der Waals surface area contributed by atoms with Gasteiger partial charge in [-0.05, 0) is 101 Å². The molecule has 2 aromatic rings. The maximum absolute atomic E-state index is 13.0. The van der Waals surface area contributed by atoms with Crippen LogP contribution in [0.25, 0.3) is 0 Å². The summed E-state index contributed by atoms with van der Waals surface area (Å²) in [5, 5.41) is 17.6. The average Bonchev–Trinajstić information content (AvgIpc) is 3.19. The molecule has 0 aliphatic rings. The number of anilines is 4. The van der Waals surface area contributed by atoms with E-state index in [-0.39, 0.29) is 35.4 Å². The first-order chi connectivity index (χ1) is 29.3. The van der Waals surface area contributed by atoms with Crippen molar-refractivity contribution >= 4 is 58.2 Å². The van der Waals surface area contributed by atoms with Crippen molar-refractivity contribution in [1.82, 2.24) is 10.6 Å². The molecule has 6 N–H and O–H groups in total. The molecule has 360 valence electrons. The topological polar surface area (TPSA) is 175 Å². The molecule has 0 aliphatic heterocycles. The van der Waals surface area contributed by atoms with Gasteiger partial charge in [-0.2, -0.15) is 0 Å². The van der Waals surface area contributed by atoms with Crippen LogP contribution in [0, 0.1) is 33.5 Å². The highest BCUT2D eigenvalue weighted by Crippen LogP contribution is 2.29. The fraction of sp³-hybridized carbons (Fsp3) is 0.654. The Morgan fingerprint density at radius 2 is 0.766 bits per heavy atom. The molecule has 64 heavy (non-hydrogen) atoms. The van der Waals surface area contributed by atoms with E-state index in [4.69, 9.17) is 0 Å². The molecule has 12 heteroatoms. The van der Waals surface area contributed by atoms with Gasteiger partial charge in [0.05, 0.1) is 0 Å². The van der Waals surface area contributed by atoms with Gasteiger partial charge in [0.25, 0.3) is 11.8 Å². The van der Waals surface area contributed by atoms with Crippen LogP contribution in [0.5, 0.6) is 0 Å². The first-order valence-electron chi connectivity index (χ1n) is 23.5. The normalized spacial score (nSPS) is 12.6. The van der Waals surface area contributed by atoms with Gasteiger partial charge in [-0.1, -0.05) is 123 Å². The van der Waals surface area contributed by atoms with Gasteiger partial charge in [0, 0.05) is 67.6 Å². The molecule has 0 aliphatic carbocycles. The molecule has 1 unspecified atom stereocenters. The van der Waals surface area contributed by atoms with E-state index >= 15 is 0 Å². The molecule has 0 saturated heterocycles. The number of carbonyl (C=O) groups is 6. The summed E-state index contributed by atoms with van der Waals surface area (Å²) in [7, 11) is 0. The second-order valence-corrected chi connectivity index (χ2v) is 21.5. The summed E-state index contributed by atoms with van der Waals surface area (Å²) in [6.45, 7) is 35.8. The molecule has 0 aromatic heterocycles. The molecule has 12 nitrogen and oxygen atoms in total. The minimum absolute atomic E-state index is 0.126. The van der Waals surface area contributed by atoms with Crippen LogP contribution in [0.3, 0.4) is 0 Å². The number of benzene rings is 2. The van der Waals surface area contributed by atoms with Crippen LogP contribution in [-0.4, -0.2) is 47.5 Å². The van der Waals surface area contributed by atoms with Crippen LogP contribution >= 0.6 is 0 Å². The zero-order valence-electron chi connectivity index (χ0n) is 42.9.